The highest BCUT2D eigenvalue weighted by Crippen LogP contribution is 2.38. The van der Waals surface area contributed by atoms with Crippen molar-refractivity contribution in [1.29, 1.82) is 0 Å². The van der Waals surface area contributed by atoms with E-state index in [4.69, 9.17) is 18.9 Å². The van der Waals surface area contributed by atoms with Gasteiger partial charge in [-0.25, -0.2) is 4.39 Å². The lowest BCUT2D eigenvalue weighted by Gasteiger charge is -2.20. The second-order valence-electron chi connectivity index (χ2n) is 7.07. The van der Waals surface area contributed by atoms with Crippen molar-refractivity contribution in [2.24, 2.45) is 0 Å². The van der Waals surface area contributed by atoms with Crippen molar-refractivity contribution in [2.75, 3.05) is 6.79 Å². The molecule has 2 heterocycles. The molecule has 0 saturated carbocycles. The first-order chi connectivity index (χ1) is 15.1. The van der Waals surface area contributed by atoms with Gasteiger partial charge in [-0.05, 0) is 36.4 Å². The molecule has 5 nitrogen and oxygen atoms in total. The number of carbonyl (C=O) groups excluding carboxylic acids is 1. The summed E-state index contributed by atoms with van der Waals surface area (Å²) in [6.45, 7) is 0.664. The predicted octanol–water partition coefficient (Wildman–Crippen LogP) is 5.65. The Hall–Kier alpha value is -3.16. The summed E-state index contributed by atoms with van der Waals surface area (Å²) in [5.74, 6) is 1.19. The average molecular weight is 483 g/mol. The molecule has 2 aliphatic heterocycles. The molecule has 0 saturated heterocycles. The zero-order chi connectivity index (χ0) is 21.4. The highest BCUT2D eigenvalue weighted by atomic mass is 79.9. The summed E-state index contributed by atoms with van der Waals surface area (Å²) in [7, 11) is 0. The summed E-state index contributed by atoms with van der Waals surface area (Å²) in [6, 6.07) is 15.2. The average Bonchev–Trinajstić information content (AvgIpc) is 3.07. The van der Waals surface area contributed by atoms with Gasteiger partial charge in [-0.2, -0.15) is 0 Å². The third-order valence-corrected chi connectivity index (χ3v) is 5.44. The van der Waals surface area contributed by atoms with Gasteiger partial charge in [0.15, 0.2) is 12.6 Å². The summed E-state index contributed by atoms with van der Waals surface area (Å²) in [4.78, 5) is 12.8. The summed E-state index contributed by atoms with van der Waals surface area (Å²) in [6.07, 6.45) is 1.66. The van der Waals surface area contributed by atoms with E-state index in [1.54, 1.807) is 42.5 Å². The van der Waals surface area contributed by atoms with Crippen LogP contribution in [0, 0.1) is 5.82 Å². The predicted molar refractivity (Wildman–Crippen MR) is 115 cm³/mol. The molecule has 156 valence electrons. The van der Waals surface area contributed by atoms with Crippen molar-refractivity contribution < 1.29 is 28.1 Å². The summed E-state index contributed by atoms with van der Waals surface area (Å²) < 4.78 is 37.1. The molecule has 0 N–H and O–H groups in total. The first-order valence-electron chi connectivity index (χ1n) is 9.56. The summed E-state index contributed by atoms with van der Waals surface area (Å²) >= 11 is 3.48. The molecule has 0 aromatic heterocycles. The van der Waals surface area contributed by atoms with Crippen LogP contribution in [0.25, 0.3) is 6.08 Å². The van der Waals surface area contributed by atoms with E-state index in [1.807, 2.05) is 12.1 Å². The number of benzene rings is 3. The number of ether oxygens (including phenoxy) is 4. The molecule has 0 atom stereocenters. The van der Waals surface area contributed by atoms with E-state index in [9.17, 15) is 9.18 Å². The Kier molecular flexibility index (Phi) is 5.21. The number of carbonyl (C=O) groups is 1. The molecule has 5 rings (SSSR count). The molecule has 31 heavy (non-hydrogen) atoms. The SMILES string of the molecule is O=C1/C(=C/c2cc(Br)cc3c2OCOC3)Oc2cc(OCc3ccccc3F)ccc21. The fraction of sp³-hybridized carbons (Fsp3) is 0.125. The van der Waals surface area contributed by atoms with Crippen LogP contribution >= 0.6 is 15.9 Å². The van der Waals surface area contributed by atoms with E-state index >= 15 is 0 Å². The van der Waals surface area contributed by atoms with Gasteiger partial charge in [0.05, 0.1) is 12.2 Å². The Labute approximate surface area is 186 Å². The fourth-order valence-corrected chi connectivity index (χ4v) is 4.01. The molecule has 0 radical (unpaired) electrons. The van der Waals surface area contributed by atoms with Gasteiger partial charge in [0.2, 0.25) is 5.78 Å². The van der Waals surface area contributed by atoms with E-state index in [-0.39, 0.29) is 30.8 Å². The maximum Gasteiger partial charge on any atom is 0.231 e. The first kappa shape index (κ1) is 19.8. The Balaban J connectivity index is 1.39. The molecule has 0 bridgehead atoms. The molecule has 0 spiro atoms. The third-order valence-electron chi connectivity index (χ3n) is 4.98. The number of hydrogen-bond acceptors (Lipinski definition) is 5. The number of halogens is 2. The fourth-order valence-electron chi connectivity index (χ4n) is 3.49. The number of Topliss-reactive ketones (excluding diaryl/α,β-unsaturated/α-hetero) is 1. The topological polar surface area (TPSA) is 54.0 Å². The van der Waals surface area contributed by atoms with Crippen LogP contribution in [0.15, 0.2) is 64.8 Å². The van der Waals surface area contributed by atoms with Crippen LogP contribution in [0.5, 0.6) is 17.2 Å². The summed E-state index contributed by atoms with van der Waals surface area (Å²) in [5, 5.41) is 0. The van der Waals surface area contributed by atoms with E-state index in [2.05, 4.69) is 15.9 Å². The zero-order valence-corrected chi connectivity index (χ0v) is 17.8. The molecular weight excluding hydrogens is 467 g/mol. The molecule has 7 heteroatoms. The van der Waals surface area contributed by atoms with Gasteiger partial charge in [0.25, 0.3) is 0 Å². The molecule has 2 aliphatic rings. The van der Waals surface area contributed by atoms with Crippen LogP contribution < -0.4 is 14.2 Å². The largest absolute Gasteiger partial charge is 0.489 e. The smallest absolute Gasteiger partial charge is 0.231 e. The molecule has 0 aliphatic carbocycles. The number of rotatable bonds is 4. The second-order valence-corrected chi connectivity index (χ2v) is 7.99. The van der Waals surface area contributed by atoms with Crippen molar-refractivity contribution in [2.45, 2.75) is 13.2 Å². The number of hydrogen-bond donors (Lipinski definition) is 0. The van der Waals surface area contributed by atoms with Crippen molar-refractivity contribution in [1.82, 2.24) is 0 Å². The molecule has 0 amide bonds. The lowest BCUT2D eigenvalue weighted by Crippen LogP contribution is -2.12. The first-order valence-corrected chi connectivity index (χ1v) is 10.4. The lowest BCUT2D eigenvalue weighted by molar-refractivity contribution is -0.0165. The van der Waals surface area contributed by atoms with Crippen LogP contribution in [0.2, 0.25) is 0 Å². The van der Waals surface area contributed by atoms with Crippen molar-refractivity contribution in [3.05, 3.63) is 92.9 Å². The van der Waals surface area contributed by atoms with Crippen molar-refractivity contribution in [3.8, 4) is 17.2 Å². The highest BCUT2D eigenvalue weighted by molar-refractivity contribution is 9.10. The summed E-state index contributed by atoms with van der Waals surface area (Å²) in [5.41, 5.74) is 2.50. The third kappa shape index (κ3) is 3.94. The highest BCUT2D eigenvalue weighted by Gasteiger charge is 2.28. The van der Waals surface area contributed by atoms with Crippen molar-refractivity contribution >= 4 is 27.8 Å². The van der Waals surface area contributed by atoms with Gasteiger partial charge in [-0.1, -0.05) is 34.1 Å². The standard InChI is InChI=1S/C24H16BrFO5/c25-17-7-15(24-16(8-17)11-28-13-30-24)9-22-23(27)19-6-5-18(10-21(19)31-22)29-12-14-3-1-2-4-20(14)26/h1-10H,11-13H2/b22-9-. The Morgan fingerprint density at radius 3 is 2.87 bits per heavy atom. The number of fused-ring (bicyclic) bond motifs is 2. The second kappa shape index (κ2) is 8.17. The van der Waals surface area contributed by atoms with Gasteiger partial charge in [-0.3, -0.25) is 4.79 Å². The number of ketones is 1. The van der Waals surface area contributed by atoms with Gasteiger partial charge in [-0.15, -0.1) is 0 Å². The Morgan fingerprint density at radius 2 is 2.00 bits per heavy atom. The lowest BCUT2D eigenvalue weighted by atomic mass is 10.1. The molecule has 3 aromatic rings. The minimum absolute atomic E-state index is 0.0751. The maximum absolute atomic E-state index is 13.8. The van der Waals surface area contributed by atoms with Crippen LogP contribution in [0.1, 0.15) is 27.0 Å². The minimum Gasteiger partial charge on any atom is -0.489 e. The Morgan fingerprint density at radius 1 is 1.13 bits per heavy atom. The zero-order valence-electron chi connectivity index (χ0n) is 16.2. The monoisotopic (exact) mass is 482 g/mol. The van der Waals surface area contributed by atoms with E-state index < -0.39 is 0 Å². The van der Waals surface area contributed by atoms with Gasteiger partial charge >= 0.3 is 0 Å². The van der Waals surface area contributed by atoms with Crippen LogP contribution in [-0.4, -0.2) is 12.6 Å². The quantitative estimate of drug-likeness (QED) is 0.449. The van der Waals surface area contributed by atoms with E-state index in [0.29, 0.717) is 35.0 Å². The van der Waals surface area contributed by atoms with E-state index in [1.165, 1.54) is 6.07 Å². The minimum atomic E-state index is -0.328. The Bertz CT molecular complexity index is 1220. The number of allylic oxidation sites excluding steroid dienone is 1. The van der Waals surface area contributed by atoms with Gasteiger partial charge in [0.1, 0.15) is 29.7 Å². The molecule has 0 fully saturated rings. The molecule has 0 unspecified atom stereocenters. The van der Waals surface area contributed by atoms with Crippen LogP contribution in [0.3, 0.4) is 0 Å². The van der Waals surface area contributed by atoms with Gasteiger partial charge < -0.3 is 18.9 Å². The van der Waals surface area contributed by atoms with Gasteiger partial charge in [0, 0.05) is 27.2 Å². The van der Waals surface area contributed by atoms with Crippen LogP contribution in [-0.2, 0) is 18.0 Å². The maximum atomic E-state index is 13.8. The van der Waals surface area contributed by atoms with Crippen molar-refractivity contribution in [3.63, 3.8) is 0 Å². The van der Waals surface area contributed by atoms with E-state index in [0.717, 1.165) is 15.6 Å². The van der Waals surface area contributed by atoms with Crippen LogP contribution in [0.4, 0.5) is 4.39 Å². The molecule has 3 aromatic carbocycles. The normalized spacial score (nSPS) is 15.8. The molecular formula is C24H16BrFO5.